The van der Waals surface area contributed by atoms with Crippen molar-refractivity contribution < 1.29 is 9.84 Å². The quantitative estimate of drug-likeness (QED) is 0.531. The van der Waals surface area contributed by atoms with E-state index in [2.05, 4.69) is 31.2 Å². The summed E-state index contributed by atoms with van der Waals surface area (Å²) < 4.78 is 6.28. The minimum atomic E-state index is -0.305. The summed E-state index contributed by atoms with van der Waals surface area (Å²) in [5.41, 5.74) is 8.71. The fourth-order valence-electron chi connectivity index (χ4n) is 2.60. The van der Waals surface area contributed by atoms with Crippen LogP contribution in [0.15, 0.2) is 40.9 Å². The van der Waals surface area contributed by atoms with Gasteiger partial charge >= 0.3 is 0 Å². The number of anilines is 3. The van der Waals surface area contributed by atoms with Crippen molar-refractivity contribution in [2.75, 3.05) is 11.1 Å². The lowest BCUT2D eigenvalue weighted by molar-refractivity contribution is 0.275. The molecule has 0 radical (unpaired) electrons. The lowest BCUT2D eigenvalue weighted by Gasteiger charge is -2.15. The Hall–Kier alpha value is -3.66. The van der Waals surface area contributed by atoms with Crippen LogP contribution < -0.4 is 15.8 Å². The Morgan fingerprint density at radius 3 is 2.45 bits per heavy atom. The van der Waals surface area contributed by atoms with Gasteiger partial charge in [-0.2, -0.15) is 20.5 Å². The first-order valence-corrected chi connectivity index (χ1v) is 9.17. The number of nitrogens with one attached hydrogen (secondary N) is 1. The molecule has 0 saturated carbocycles. The molecule has 0 aliphatic heterocycles. The van der Waals surface area contributed by atoms with Crippen molar-refractivity contribution in [3.05, 3.63) is 63.1 Å². The number of nitriles is 2. The molecule has 3 aromatic rings. The van der Waals surface area contributed by atoms with E-state index in [1.165, 1.54) is 0 Å². The van der Waals surface area contributed by atoms with E-state index in [0.29, 0.717) is 38.2 Å². The number of aromatic nitrogens is 2. The molecule has 0 unspecified atom stereocenters. The van der Waals surface area contributed by atoms with Crippen LogP contribution in [0, 0.1) is 29.6 Å². The zero-order chi connectivity index (χ0) is 21.0. The lowest BCUT2D eigenvalue weighted by Crippen LogP contribution is -2.05. The van der Waals surface area contributed by atoms with Gasteiger partial charge in [0.15, 0.2) is 0 Å². The number of rotatable bonds is 5. The Balaban J connectivity index is 1.96. The number of ether oxygens (including phenoxy) is 1. The van der Waals surface area contributed by atoms with E-state index in [1.54, 1.807) is 43.3 Å². The number of halogens is 1. The van der Waals surface area contributed by atoms with Crippen molar-refractivity contribution in [3.8, 4) is 23.8 Å². The molecule has 9 heteroatoms. The van der Waals surface area contributed by atoms with Crippen LogP contribution in [0.1, 0.15) is 22.3 Å². The van der Waals surface area contributed by atoms with Crippen molar-refractivity contribution in [2.45, 2.75) is 13.5 Å². The zero-order valence-electron chi connectivity index (χ0n) is 15.3. The maximum absolute atomic E-state index is 9.66. The Morgan fingerprint density at radius 2 is 1.83 bits per heavy atom. The van der Waals surface area contributed by atoms with Gasteiger partial charge in [-0.25, -0.2) is 0 Å². The molecule has 0 bridgehead atoms. The number of hydrogen-bond donors (Lipinski definition) is 3. The predicted molar refractivity (Wildman–Crippen MR) is 110 cm³/mol. The van der Waals surface area contributed by atoms with E-state index in [4.69, 9.17) is 21.0 Å². The van der Waals surface area contributed by atoms with Gasteiger partial charge in [-0.3, -0.25) is 0 Å². The maximum Gasteiger partial charge on any atom is 0.240 e. The van der Waals surface area contributed by atoms with E-state index in [0.717, 1.165) is 0 Å². The summed E-state index contributed by atoms with van der Waals surface area (Å²) in [5, 5.41) is 30.7. The Kier molecular flexibility index (Phi) is 5.93. The lowest BCUT2D eigenvalue weighted by atomic mass is 10.1. The van der Waals surface area contributed by atoms with Crippen LogP contribution in [0.3, 0.4) is 0 Å². The van der Waals surface area contributed by atoms with Gasteiger partial charge < -0.3 is 20.9 Å². The summed E-state index contributed by atoms with van der Waals surface area (Å²) in [6, 6.07) is 14.1. The van der Waals surface area contributed by atoms with Crippen molar-refractivity contribution in [3.63, 3.8) is 0 Å². The average molecular weight is 451 g/mol. The number of aliphatic hydroxyl groups excluding tert-OH is 1. The smallest absolute Gasteiger partial charge is 0.240 e. The second-order valence-corrected chi connectivity index (χ2v) is 6.81. The zero-order valence-corrected chi connectivity index (χ0v) is 16.9. The molecule has 8 nitrogen and oxygen atoms in total. The molecule has 2 aromatic carbocycles. The van der Waals surface area contributed by atoms with Crippen LogP contribution in [0.2, 0.25) is 0 Å². The molecule has 4 N–H and O–H groups in total. The SMILES string of the molecule is Cc1cc(C#N)cc(CO)c1Oc1nc(Nc2ccc(C#N)cc2)nc(N)c1Br. The summed E-state index contributed by atoms with van der Waals surface area (Å²) in [7, 11) is 0. The summed E-state index contributed by atoms with van der Waals surface area (Å²) in [5.74, 6) is 0.885. The second-order valence-electron chi connectivity index (χ2n) is 6.02. The highest BCUT2D eigenvalue weighted by molar-refractivity contribution is 9.10. The van der Waals surface area contributed by atoms with E-state index >= 15 is 0 Å². The molecule has 3 rings (SSSR count). The first-order valence-electron chi connectivity index (χ1n) is 8.37. The molecule has 0 atom stereocenters. The van der Waals surface area contributed by atoms with Crippen LogP contribution in [0.4, 0.5) is 17.5 Å². The topological polar surface area (TPSA) is 141 Å². The normalized spacial score (nSPS) is 10.1. The van der Waals surface area contributed by atoms with Crippen LogP contribution in [0.5, 0.6) is 11.6 Å². The number of hydrogen-bond acceptors (Lipinski definition) is 8. The van der Waals surface area contributed by atoms with Gasteiger partial charge in [0.05, 0.1) is 29.9 Å². The molecule has 0 aliphatic carbocycles. The maximum atomic E-state index is 9.66. The first-order chi connectivity index (χ1) is 13.9. The van der Waals surface area contributed by atoms with Crippen molar-refractivity contribution in [1.82, 2.24) is 9.97 Å². The van der Waals surface area contributed by atoms with Gasteiger partial charge in [-0.05, 0) is 64.8 Å². The minimum absolute atomic E-state index is 0.149. The van der Waals surface area contributed by atoms with Gasteiger partial charge in [0, 0.05) is 11.3 Å². The van der Waals surface area contributed by atoms with Gasteiger partial charge in [-0.15, -0.1) is 0 Å². The van der Waals surface area contributed by atoms with Crippen molar-refractivity contribution in [2.24, 2.45) is 0 Å². The van der Waals surface area contributed by atoms with Crippen LogP contribution in [-0.2, 0) is 6.61 Å². The highest BCUT2D eigenvalue weighted by Gasteiger charge is 2.17. The molecule has 1 heterocycles. The number of aryl methyl sites for hydroxylation is 1. The highest BCUT2D eigenvalue weighted by atomic mass is 79.9. The fraction of sp³-hybridized carbons (Fsp3) is 0.100. The third-order valence-electron chi connectivity index (χ3n) is 3.97. The monoisotopic (exact) mass is 450 g/mol. The fourth-order valence-corrected chi connectivity index (χ4v) is 2.85. The predicted octanol–water partition coefficient (Wildman–Crippen LogP) is 3.90. The first kappa shape index (κ1) is 20.1. The van der Waals surface area contributed by atoms with Crippen molar-refractivity contribution >= 4 is 33.4 Å². The summed E-state index contributed by atoms with van der Waals surface area (Å²) >= 11 is 3.32. The minimum Gasteiger partial charge on any atom is -0.437 e. The van der Waals surface area contributed by atoms with Crippen LogP contribution in [-0.4, -0.2) is 15.1 Å². The third-order valence-corrected chi connectivity index (χ3v) is 4.71. The van der Waals surface area contributed by atoms with Crippen LogP contribution in [0.25, 0.3) is 0 Å². The third kappa shape index (κ3) is 4.43. The molecule has 0 aliphatic rings. The largest absolute Gasteiger partial charge is 0.437 e. The Bertz CT molecular complexity index is 1150. The number of nitrogens with zero attached hydrogens (tertiary/aromatic N) is 4. The second kappa shape index (κ2) is 8.57. The summed E-state index contributed by atoms with van der Waals surface area (Å²) in [6.45, 7) is 1.46. The molecular formula is C20H15BrN6O2. The number of nitrogen functional groups attached to an aromatic ring is 1. The van der Waals surface area contributed by atoms with Gasteiger partial charge in [0.25, 0.3) is 0 Å². The van der Waals surface area contributed by atoms with Gasteiger partial charge in [0.1, 0.15) is 16.0 Å². The molecule has 29 heavy (non-hydrogen) atoms. The standard InChI is InChI=1S/C20H15BrN6O2/c1-11-6-13(9-23)7-14(10-28)17(11)29-19-16(21)18(24)26-20(27-19)25-15-4-2-12(8-22)3-5-15/h2-7,28H,10H2,1H3,(H3,24,25,26,27). The Morgan fingerprint density at radius 1 is 1.14 bits per heavy atom. The number of nitrogens with two attached hydrogens (primary N) is 1. The van der Waals surface area contributed by atoms with Gasteiger partial charge in [-0.1, -0.05) is 0 Å². The summed E-state index contributed by atoms with van der Waals surface area (Å²) in [4.78, 5) is 8.52. The highest BCUT2D eigenvalue weighted by Crippen LogP contribution is 2.36. The molecule has 0 fully saturated rings. The summed E-state index contributed by atoms with van der Waals surface area (Å²) in [6.07, 6.45) is 0. The van der Waals surface area contributed by atoms with E-state index in [1.807, 2.05) is 12.1 Å². The Labute approximate surface area is 175 Å². The number of aliphatic hydroxyl groups is 1. The molecule has 0 saturated heterocycles. The van der Waals surface area contributed by atoms with Crippen LogP contribution >= 0.6 is 15.9 Å². The van der Waals surface area contributed by atoms with E-state index < -0.39 is 0 Å². The molecule has 0 amide bonds. The van der Waals surface area contributed by atoms with E-state index in [-0.39, 0.29) is 24.3 Å². The van der Waals surface area contributed by atoms with Gasteiger partial charge in [0.2, 0.25) is 11.8 Å². The molecule has 144 valence electrons. The molecule has 1 aromatic heterocycles. The van der Waals surface area contributed by atoms with Crippen molar-refractivity contribution in [1.29, 1.82) is 10.5 Å². The number of benzene rings is 2. The molecule has 0 spiro atoms. The molecular weight excluding hydrogens is 436 g/mol. The van der Waals surface area contributed by atoms with E-state index in [9.17, 15) is 5.11 Å². The average Bonchev–Trinajstić information content (AvgIpc) is 2.73.